The van der Waals surface area contributed by atoms with Gasteiger partial charge in [-0.25, -0.2) is 9.97 Å². The van der Waals surface area contributed by atoms with Crippen LogP contribution in [0.3, 0.4) is 0 Å². The van der Waals surface area contributed by atoms with Gasteiger partial charge in [0.15, 0.2) is 0 Å². The number of hydrogen-bond donors (Lipinski definition) is 0. The molecule has 2 atom stereocenters. The Labute approximate surface area is 167 Å². The molecule has 1 saturated heterocycles. The predicted octanol–water partition coefficient (Wildman–Crippen LogP) is 3.71. The molecule has 2 unspecified atom stereocenters. The molecule has 4 rings (SSSR count). The summed E-state index contributed by atoms with van der Waals surface area (Å²) < 4.78 is 0. The molecule has 5 nitrogen and oxygen atoms in total. The third kappa shape index (κ3) is 4.09. The maximum atomic E-state index is 11.7. The van der Waals surface area contributed by atoms with E-state index in [9.17, 15) is 4.79 Å². The van der Waals surface area contributed by atoms with Gasteiger partial charge < -0.3 is 4.90 Å². The number of nitrogens with zero attached hydrogens (tertiary/aromatic N) is 4. The number of carbonyl (C=O) groups is 1. The van der Waals surface area contributed by atoms with Crippen molar-refractivity contribution in [1.29, 1.82) is 0 Å². The van der Waals surface area contributed by atoms with Gasteiger partial charge in [0.2, 0.25) is 5.91 Å². The van der Waals surface area contributed by atoms with Crippen LogP contribution in [0.2, 0.25) is 0 Å². The van der Waals surface area contributed by atoms with E-state index in [2.05, 4.69) is 42.2 Å². The first-order chi connectivity index (χ1) is 13.6. The normalized spacial score (nSPS) is 21.2. The van der Waals surface area contributed by atoms with Gasteiger partial charge in [-0.15, -0.1) is 0 Å². The van der Waals surface area contributed by atoms with Crippen LogP contribution in [-0.2, 0) is 17.8 Å². The van der Waals surface area contributed by atoms with Crippen LogP contribution < -0.4 is 0 Å². The summed E-state index contributed by atoms with van der Waals surface area (Å²) in [6.07, 6.45) is 6.40. The number of hydrogen-bond acceptors (Lipinski definition) is 4. The van der Waals surface area contributed by atoms with E-state index < -0.39 is 0 Å². The Morgan fingerprint density at radius 1 is 1.21 bits per heavy atom. The van der Waals surface area contributed by atoms with Gasteiger partial charge in [0.1, 0.15) is 5.82 Å². The molecular weight excluding hydrogens is 348 g/mol. The van der Waals surface area contributed by atoms with Crippen molar-refractivity contribution in [1.82, 2.24) is 19.8 Å². The van der Waals surface area contributed by atoms with Crippen LogP contribution in [-0.4, -0.2) is 45.3 Å². The molecule has 28 heavy (non-hydrogen) atoms. The topological polar surface area (TPSA) is 49.3 Å². The summed E-state index contributed by atoms with van der Waals surface area (Å²) in [5, 5.41) is 0. The summed E-state index contributed by atoms with van der Waals surface area (Å²) in [4.78, 5) is 25.8. The molecule has 1 aromatic carbocycles. The number of likely N-dealkylation sites (tertiary alicyclic amines) is 1. The van der Waals surface area contributed by atoms with Crippen LogP contribution >= 0.6 is 0 Å². The van der Waals surface area contributed by atoms with Gasteiger partial charge >= 0.3 is 0 Å². The van der Waals surface area contributed by atoms with E-state index in [-0.39, 0.29) is 5.91 Å². The Bertz CT molecular complexity index is 823. The van der Waals surface area contributed by atoms with E-state index in [1.807, 2.05) is 11.1 Å². The molecule has 0 saturated carbocycles. The highest BCUT2D eigenvalue weighted by atomic mass is 16.2. The molecule has 5 heteroatoms. The summed E-state index contributed by atoms with van der Waals surface area (Å²) in [5.74, 6) is 1.58. The zero-order chi connectivity index (χ0) is 19.5. The van der Waals surface area contributed by atoms with Gasteiger partial charge in [0.25, 0.3) is 0 Å². The van der Waals surface area contributed by atoms with Crippen LogP contribution in [0.25, 0.3) is 0 Å². The Balaban J connectivity index is 1.51. The van der Waals surface area contributed by atoms with Crippen LogP contribution in [0.15, 0.2) is 36.5 Å². The second kappa shape index (κ2) is 8.39. The lowest BCUT2D eigenvalue weighted by atomic mass is 9.96. The highest BCUT2D eigenvalue weighted by molar-refractivity contribution is 5.73. The highest BCUT2D eigenvalue weighted by Gasteiger charge is 2.29. The van der Waals surface area contributed by atoms with Crippen LogP contribution in [0, 0.1) is 0 Å². The molecule has 0 N–H and O–H groups in total. The fourth-order valence-corrected chi connectivity index (χ4v) is 4.50. The van der Waals surface area contributed by atoms with Crippen molar-refractivity contribution in [2.75, 3.05) is 19.6 Å². The Kier molecular flexibility index (Phi) is 5.72. The van der Waals surface area contributed by atoms with Crippen LogP contribution in [0.1, 0.15) is 67.7 Å². The third-order valence-corrected chi connectivity index (χ3v) is 6.19. The predicted molar refractivity (Wildman–Crippen MR) is 110 cm³/mol. The second-order valence-electron chi connectivity index (χ2n) is 8.21. The van der Waals surface area contributed by atoms with Gasteiger partial charge in [-0.05, 0) is 30.9 Å². The molecule has 0 aliphatic carbocycles. The highest BCUT2D eigenvalue weighted by Crippen LogP contribution is 2.32. The zero-order valence-electron chi connectivity index (χ0n) is 17.0. The lowest BCUT2D eigenvalue weighted by molar-refractivity contribution is -0.129. The first-order valence-electron chi connectivity index (χ1n) is 10.5. The van der Waals surface area contributed by atoms with Gasteiger partial charge in [-0.3, -0.25) is 9.69 Å². The Morgan fingerprint density at radius 3 is 2.82 bits per heavy atom. The molecule has 0 bridgehead atoms. The van der Waals surface area contributed by atoms with Crippen molar-refractivity contribution in [3.8, 4) is 0 Å². The molecule has 3 heterocycles. The van der Waals surface area contributed by atoms with Crippen LogP contribution in [0.4, 0.5) is 0 Å². The smallest absolute Gasteiger partial charge is 0.219 e. The van der Waals surface area contributed by atoms with Gasteiger partial charge in [0.05, 0.1) is 11.7 Å². The lowest BCUT2D eigenvalue weighted by Crippen LogP contribution is -2.38. The first-order valence-corrected chi connectivity index (χ1v) is 10.5. The molecule has 148 valence electrons. The summed E-state index contributed by atoms with van der Waals surface area (Å²) in [7, 11) is 0. The maximum absolute atomic E-state index is 11.7. The van der Waals surface area contributed by atoms with Crippen molar-refractivity contribution in [2.24, 2.45) is 0 Å². The van der Waals surface area contributed by atoms with Crippen molar-refractivity contribution in [3.05, 3.63) is 59.2 Å². The largest absolute Gasteiger partial charge is 0.338 e. The van der Waals surface area contributed by atoms with Crippen molar-refractivity contribution in [2.45, 2.75) is 58.0 Å². The number of rotatable bonds is 4. The summed E-state index contributed by atoms with van der Waals surface area (Å²) in [5.41, 5.74) is 3.62. The van der Waals surface area contributed by atoms with Crippen LogP contribution in [0.5, 0.6) is 0 Å². The van der Waals surface area contributed by atoms with Crippen molar-refractivity contribution < 1.29 is 4.79 Å². The SMILES string of the molecule is CC(=O)N1CCc2nc(C3CCCCN3CC(C)c3ccccc3)ncc2C1. The molecule has 0 radical (unpaired) electrons. The fourth-order valence-electron chi connectivity index (χ4n) is 4.50. The monoisotopic (exact) mass is 378 g/mol. The van der Waals surface area contributed by atoms with E-state index in [1.54, 1.807) is 6.92 Å². The van der Waals surface area contributed by atoms with E-state index in [4.69, 9.17) is 9.97 Å². The summed E-state index contributed by atoms with van der Waals surface area (Å²) in [6, 6.07) is 11.1. The summed E-state index contributed by atoms with van der Waals surface area (Å²) >= 11 is 0. The Hall–Kier alpha value is -2.27. The molecular formula is C23H30N4O. The third-order valence-electron chi connectivity index (χ3n) is 6.19. The summed E-state index contributed by atoms with van der Waals surface area (Å²) in [6.45, 7) is 7.50. The number of piperidine rings is 1. The minimum Gasteiger partial charge on any atom is -0.338 e. The second-order valence-corrected chi connectivity index (χ2v) is 8.21. The standard InChI is InChI=1S/C23H30N4O/c1-17(19-8-4-3-5-9-19)15-27-12-7-6-10-22(27)23-24-14-20-16-26(18(2)28)13-11-21(20)25-23/h3-5,8-9,14,17,22H,6-7,10-13,15-16H2,1-2H3. The number of aromatic nitrogens is 2. The number of amides is 1. The average Bonchev–Trinajstić information content (AvgIpc) is 2.74. The minimum absolute atomic E-state index is 0.128. The van der Waals surface area contributed by atoms with E-state index in [0.717, 1.165) is 49.6 Å². The maximum Gasteiger partial charge on any atom is 0.219 e. The average molecular weight is 379 g/mol. The number of fused-ring (bicyclic) bond motifs is 1. The Morgan fingerprint density at radius 2 is 2.04 bits per heavy atom. The molecule has 1 aromatic heterocycles. The quantitative estimate of drug-likeness (QED) is 0.814. The molecule has 1 fully saturated rings. The molecule has 1 amide bonds. The first kappa shape index (κ1) is 19.1. The van der Waals surface area contributed by atoms with E-state index in [0.29, 0.717) is 18.5 Å². The van der Waals surface area contributed by atoms with Gasteiger partial charge in [0, 0.05) is 44.7 Å². The van der Waals surface area contributed by atoms with Gasteiger partial charge in [-0.2, -0.15) is 0 Å². The fraction of sp³-hybridized carbons (Fsp3) is 0.522. The molecule has 2 aromatic rings. The van der Waals surface area contributed by atoms with Gasteiger partial charge in [-0.1, -0.05) is 43.7 Å². The van der Waals surface area contributed by atoms with E-state index >= 15 is 0 Å². The molecule has 2 aliphatic rings. The lowest BCUT2D eigenvalue weighted by Gasteiger charge is -2.37. The zero-order valence-corrected chi connectivity index (χ0v) is 17.0. The van der Waals surface area contributed by atoms with Crippen molar-refractivity contribution >= 4 is 5.91 Å². The number of carbonyl (C=O) groups excluding carboxylic acids is 1. The minimum atomic E-state index is 0.128. The number of benzene rings is 1. The molecule has 2 aliphatic heterocycles. The van der Waals surface area contributed by atoms with Crippen molar-refractivity contribution in [3.63, 3.8) is 0 Å². The van der Waals surface area contributed by atoms with E-state index in [1.165, 1.54) is 18.4 Å². The molecule has 0 spiro atoms.